The van der Waals surface area contributed by atoms with Gasteiger partial charge in [0.25, 0.3) is 10.1 Å². The third kappa shape index (κ3) is 2.57. The van der Waals surface area contributed by atoms with Crippen LogP contribution in [-0.4, -0.2) is 18.8 Å². The number of benzene rings is 2. The third-order valence-corrected chi connectivity index (χ3v) is 3.55. The van der Waals surface area contributed by atoms with E-state index in [1.807, 2.05) is 0 Å². The summed E-state index contributed by atoms with van der Waals surface area (Å²) in [5.41, 5.74) is 0.728. The molecule has 2 aromatic rings. The molecule has 0 amide bonds. The minimum atomic E-state index is -4.26. The molecular weight excluding hydrogens is 252 g/mol. The fraction of sp³-hybridized carbons (Fsp3) is 0.154. The maximum atomic E-state index is 11.3. The molecule has 0 radical (unpaired) electrons. The second-order valence-corrected chi connectivity index (χ2v) is 5.56. The van der Waals surface area contributed by atoms with Gasteiger partial charge in [-0.25, -0.2) is 0 Å². The van der Waals surface area contributed by atoms with Gasteiger partial charge in [0.2, 0.25) is 0 Å². The van der Waals surface area contributed by atoms with Crippen LogP contribution >= 0.6 is 0 Å². The summed E-state index contributed by atoms with van der Waals surface area (Å²) >= 11 is 0. The maximum Gasteiger partial charge on any atom is 0.295 e. The van der Waals surface area contributed by atoms with E-state index in [9.17, 15) is 13.2 Å². The van der Waals surface area contributed by atoms with E-state index in [1.54, 1.807) is 30.3 Å². The van der Waals surface area contributed by atoms with Gasteiger partial charge in [-0.1, -0.05) is 24.3 Å². The Kier molecular flexibility index (Phi) is 3.19. The number of fused-ring (bicyclic) bond motifs is 1. The van der Waals surface area contributed by atoms with Crippen LogP contribution in [0.15, 0.2) is 41.3 Å². The number of rotatable bonds is 3. The average molecular weight is 264 g/mol. The molecule has 0 heterocycles. The number of Topliss-reactive ketones (excluding diaryl/α,β-unsaturated/α-hetero) is 1. The van der Waals surface area contributed by atoms with Crippen molar-refractivity contribution in [3.63, 3.8) is 0 Å². The van der Waals surface area contributed by atoms with Gasteiger partial charge in [-0.15, -0.1) is 0 Å². The van der Waals surface area contributed by atoms with E-state index in [-0.39, 0.29) is 17.1 Å². The van der Waals surface area contributed by atoms with Crippen molar-refractivity contribution in [1.29, 1.82) is 0 Å². The number of carbonyl (C=O) groups is 1. The smallest absolute Gasteiger partial charge is 0.295 e. The molecule has 0 fully saturated rings. The van der Waals surface area contributed by atoms with Crippen molar-refractivity contribution >= 4 is 26.7 Å². The predicted octanol–water partition coefficient (Wildman–Crippen LogP) is 2.22. The van der Waals surface area contributed by atoms with E-state index < -0.39 is 10.1 Å². The van der Waals surface area contributed by atoms with Crippen LogP contribution in [0.1, 0.15) is 12.5 Å². The zero-order valence-corrected chi connectivity index (χ0v) is 10.6. The van der Waals surface area contributed by atoms with Crippen molar-refractivity contribution in [2.75, 3.05) is 0 Å². The summed E-state index contributed by atoms with van der Waals surface area (Å²) in [4.78, 5) is 10.9. The number of carbonyl (C=O) groups excluding carboxylic acids is 1. The number of ketones is 1. The molecule has 94 valence electrons. The lowest BCUT2D eigenvalue weighted by Crippen LogP contribution is -2.00. The Morgan fingerprint density at radius 1 is 1.22 bits per heavy atom. The van der Waals surface area contributed by atoms with Gasteiger partial charge in [-0.3, -0.25) is 9.35 Å². The predicted molar refractivity (Wildman–Crippen MR) is 68.1 cm³/mol. The van der Waals surface area contributed by atoms with E-state index >= 15 is 0 Å². The molecule has 0 spiro atoms. The van der Waals surface area contributed by atoms with Crippen molar-refractivity contribution in [3.8, 4) is 0 Å². The SMILES string of the molecule is CC(=O)Cc1ccc2cccc(S(=O)(=O)O)c2c1. The van der Waals surface area contributed by atoms with Gasteiger partial charge in [0.1, 0.15) is 10.7 Å². The molecule has 18 heavy (non-hydrogen) atoms. The normalized spacial score (nSPS) is 11.7. The Morgan fingerprint density at radius 3 is 2.56 bits per heavy atom. The van der Waals surface area contributed by atoms with E-state index in [1.165, 1.54) is 13.0 Å². The molecule has 0 aromatic heterocycles. The highest BCUT2D eigenvalue weighted by Crippen LogP contribution is 2.24. The quantitative estimate of drug-likeness (QED) is 0.863. The second-order valence-electron chi connectivity index (χ2n) is 4.17. The first-order chi connectivity index (χ1) is 8.38. The summed E-state index contributed by atoms with van der Waals surface area (Å²) < 4.78 is 31.7. The summed E-state index contributed by atoms with van der Waals surface area (Å²) in [6.07, 6.45) is 0.246. The Labute approximate surface area is 105 Å². The van der Waals surface area contributed by atoms with Crippen LogP contribution in [0.4, 0.5) is 0 Å². The zero-order valence-electron chi connectivity index (χ0n) is 9.75. The third-order valence-electron chi connectivity index (χ3n) is 2.64. The lowest BCUT2D eigenvalue weighted by atomic mass is 10.0. The highest BCUT2D eigenvalue weighted by Gasteiger charge is 2.13. The largest absolute Gasteiger partial charge is 0.300 e. The van der Waals surface area contributed by atoms with Crippen molar-refractivity contribution in [1.82, 2.24) is 0 Å². The molecule has 2 rings (SSSR count). The van der Waals surface area contributed by atoms with Crippen molar-refractivity contribution in [2.24, 2.45) is 0 Å². The first kappa shape index (κ1) is 12.7. The van der Waals surface area contributed by atoms with Crippen molar-refractivity contribution < 1.29 is 17.8 Å². The fourth-order valence-electron chi connectivity index (χ4n) is 1.91. The van der Waals surface area contributed by atoms with Crippen LogP contribution < -0.4 is 0 Å². The Hall–Kier alpha value is -1.72. The molecule has 0 saturated heterocycles. The molecule has 4 nitrogen and oxygen atoms in total. The molecule has 0 saturated carbocycles. The summed E-state index contributed by atoms with van der Waals surface area (Å²) in [7, 11) is -4.26. The van der Waals surface area contributed by atoms with E-state index in [0.29, 0.717) is 10.8 Å². The van der Waals surface area contributed by atoms with Gasteiger partial charge >= 0.3 is 0 Å². The first-order valence-electron chi connectivity index (χ1n) is 5.36. The summed E-state index contributed by atoms with van der Waals surface area (Å²) in [6.45, 7) is 1.47. The van der Waals surface area contributed by atoms with Crippen LogP contribution in [0.2, 0.25) is 0 Å². The topological polar surface area (TPSA) is 71.4 Å². The molecule has 0 aliphatic heterocycles. The summed E-state index contributed by atoms with van der Waals surface area (Å²) in [6, 6.07) is 9.80. The van der Waals surface area contributed by atoms with Gasteiger partial charge in [-0.2, -0.15) is 8.42 Å². The molecule has 0 bridgehead atoms. The van der Waals surface area contributed by atoms with Crippen LogP contribution in [0, 0.1) is 0 Å². The minimum absolute atomic E-state index is 0.00122. The molecular formula is C13H12O4S. The van der Waals surface area contributed by atoms with Crippen LogP contribution in [0.3, 0.4) is 0 Å². The lowest BCUT2D eigenvalue weighted by Gasteiger charge is -2.06. The minimum Gasteiger partial charge on any atom is -0.300 e. The van der Waals surface area contributed by atoms with Gasteiger partial charge in [-0.05, 0) is 30.0 Å². The summed E-state index contributed by atoms with van der Waals surface area (Å²) in [5.74, 6) is -0.00122. The van der Waals surface area contributed by atoms with E-state index in [0.717, 1.165) is 5.56 Å². The average Bonchev–Trinajstić information content (AvgIpc) is 2.26. The fourth-order valence-corrected chi connectivity index (χ4v) is 2.62. The molecule has 2 aromatic carbocycles. The molecule has 5 heteroatoms. The zero-order chi connectivity index (χ0) is 13.3. The number of hydrogen-bond donors (Lipinski definition) is 1. The van der Waals surface area contributed by atoms with Crippen LogP contribution in [-0.2, 0) is 21.3 Å². The van der Waals surface area contributed by atoms with E-state index in [2.05, 4.69) is 0 Å². The highest BCUT2D eigenvalue weighted by atomic mass is 32.2. The van der Waals surface area contributed by atoms with Gasteiger partial charge in [0.15, 0.2) is 0 Å². The van der Waals surface area contributed by atoms with Crippen LogP contribution in [0.25, 0.3) is 10.8 Å². The van der Waals surface area contributed by atoms with E-state index in [4.69, 9.17) is 4.55 Å². The standard InChI is InChI=1S/C13H12O4S/c1-9(14)7-10-5-6-11-3-2-4-13(12(11)8-10)18(15,16)17/h2-6,8H,7H2,1H3,(H,15,16,17). The van der Waals surface area contributed by atoms with Gasteiger partial charge in [0, 0.05) is 11.8 Å². The molecule has 0 unspecified atom stereocenters. The van der Waals surface area contributed by atoms with Crippen molar-refractivity contribution in [3.05, 3.63) is 42.0 Å². The van der Waals surface area contributed by atoms with Crippen LogP contribution in [0.5, 0.6) is 0 Å². The maximum absolute atomic E-state index is 11.3. The number of hydrogen-bond acceptors (Lipinski definition) is 3. The highest BCUT2D eigenvalue weighted by molar-refractivity contribution is 7.86. The molecule has 1 N–H and O–H groups in total. The Bertz CT molecular complexity index is 717. The van der Waals surface area contributed by atoms with Gasteiger partial charge < -0.3 is 0 Å². The second kappa shape index (κ2) is 4.51. The van der Waals surface area contributed by atoms with Crippen molar-refractivity contribution in [2.45, 2.75) is 18.2 Å². The Balaban J connectivity index is 2.70. The molecule has 0 atom stereocenters. The van der Waals surface area contributed by atoms with Gasteiger partial charge in [0.05, 0.1) is 0 Å². The first-order valence-corrected chi connectivity index (χ1v) is 6.80. The molecule has 0 aliphatic rings. The Morgan fingerprint density at radius 2 is 1.94 bits per heavy atom. The summed E-state index contributed by atoms with van der Waals surface area (Å²) in [5, 5.41) is 1.14. The lowest BCUT2D eigenvalue weighted by molar-refractivity contribution is -0.116. The molecule has 0 aliphatic carbocycles. The monoisotopic (exact) mass is 264 g/mol.